The summed E-state index contributed by atoms with van der Waals surface area (Å²) in [7, 11) is -1.15. The Morgan fingerprint density at radius 1 is 1.24 bits per heavy atom. The molecule has 0 bridgehead atoms. The largest absolute Gasteiger partial charge is 0.506 e. The van der Waals surface area contributed by atoms with Crippen LogP contribution < -0.4 is 0 Å². The molecule has 0 saturated carbocycles. The molecule has 25 heavy (non-hydrogen) atoms. The number of nitrogens with zero attached hydrogens (tertiary/aromatic N) is 3. The SMILES string of the molecule is C[Si](C)(C)CCOCn1c(-c2nc(Cl)ccc2O)cc2cccnc21. The van der Waals surface area contributed by atoms with Gasteiger partial charge in [-0.05, 0) is 36.4 Å². The number of rotatable bonds is 6. The van der Waals surface area contributed by atoms with Crippen molar-refractivity contribution in [1.82, 2.24) is 14.5 Å². The van der Waals surface area contributed by atoms with Gasteiger partial charge in [0.2, 0.25) is 0 Å². The van der Waals surface area contributed by atoms with E-state index in [1.165, 1.54) is 0 Å². The maximum atomic E-state index is 10.2. The van der Waals surface area contributed by atoms with Crippen molar-refractivity contribution in [2.75, 3.05) is 6.61 Å². The fraction of sp³-hybridized carbons (Fsp3) is 0.333. The van der Waals surface area contributed by atoms with Gasteiger partial charge in [-0.1, -0.05) is 31.2 Å². The number of aromatic nitrogens is 3. The van der Waals surface area contributed by atoms with E-state index in [4.69, 9.17) is 16.3 Å². The van der Waals surface area contributed by atoms with E-state index in [0.717, 1.165) is 22.8 Å². The van der Waals surface area contributed by atoms with Crippen molar-refractivity contribution in [2.45, 2.75) is 32.4 Å². The summed E-state index contributed by atoms with van der Waals surface area (Å²) in [5.74, 6) is 0.0792. The number of ether oxygens (including phenoxy) is 1. The van der Waals surface area contributed by atoms with Gasteiger partial charge >= 0.3 is 0 Å². The minimum Gasteiger partial charge on any atom is -0.506 e. The Balaban J connectivity index is 1.96. The fourth-order valence-corrected chi connectivity index (χ4v) is 3.47. The predicted molar refractivity (Wildman–Crippen MR) is 104 cm³/mol. The van der Waals surface area contributed by atoms with Gasteiger partial charge in [0.25, 0.3) is 0 Å². The molecule has 0 unspecified atom stereocenters. The van der Waals surface area contributed by atoms with E-state index in [-0.39, 0.29) is 5.75 Å². The van der Waals surface area contributed by atoms with Gasteiger partial charge in [0.05, 0.1) is 5.69 Å². The number of halogens is 1. The number of fused-ring (bicyclic) bond motifs is 1. The first-order valence-corrected chi connectivity index (χ1v) is 12.3. The van der Waals surface area contributed by atoms with Crippen LogP contribution in [0.25, 0.3) is 22.4 Å². The Labute approximate surface area is 153 Å². The van der Waals surface area contributed by atoms with Crippen LogP contribution >= 0.6 is 11.6 Å². The Morgan fingerprint density at radius 2 is 2.04 bits per heavy atom. The van der Waals surface area contributed by atoms with E-state index in [2.05, 4.69) is 29.6 Å². The zero-order valence-corrected chi connectivity index (χ0v) is 16.4. The molecule has 3 rings (SSSR count). The summed E-state index contributed by atoms with van der Waals surface area (Å²) in [4.78, 5) is 8.74. The van der Waals surface area contributed by atoms with Crippen molar-refractivity contribution < 1.29 is 9.84 Å². The molecule has 0 saturated heterocycles. The number of aromatic hydroxyl groups is 1. The van der Waals surface area contributed by atoms with E-state index in [9.17, 15) is 5.11 Å². The summed E-state index contributed by atoms with van der Waals surface area (Å²) < 4.78 is 7.84. The predicted octanol–water partition coefficient (Wildman–Crippen LogP) is 4.77. The third-order valence-electron chi connectivity index (χ3n) is 3.95. The molecule has 0 atom stereocenters. The van der Waals surface area contributed by atoms with Gasteiger partial charge in [-0.2, -0.15) is 0 Å². The summed E-state index contributed by atoms with van der Waals surface area (Å²) >= 11 is 6.02. The van der Waals surface area contributed by atoms with Crippen molar-refractivity contribution >= 4 is 30.7 Å². The highest BCUT2D eigenvalue weighted by Crippen LogP contribution is 2.32. The van der Waals surface area contributed by atoms with Crippen LogP contribution in [0, 0.1) is 0 Å². The molecular weight excluding hydrogens is 354 g/mol. The topological polar surface area (TPSA) is 60.2 Å². The van der Waals surface area contributed by atoms with E-state index in [0.29, 0.717) is 24.2 Å². The second-order valence-electron chi connectivity index (χ2n) is 7.22. The molecule has 1 N–H and O–H groups in total. The maximum Gasteiger partial charge on any atom is 0.143 e. The molecule has 0 aromatic carbocycles. The highest BCUT2D eigenvalue weighted by Gasteiger charge is 2.17. The van der Waals surface area contributed by atoms with Gasteiger partial charge < -0.3 is 9.84 Å². The Hall–Kier alpha value is -1.89. The van der Waals surface area contributed by atoms with Crippen LogP contribution in [0.5, 0.6) is 5.75 Å². The average molecular weight is 376 g/mol. The van der Waals surface area contributed by atoms with E-state index in [1.807, 2.05) is 22.8 Å². The van der Waals surface area contributed by atoms with Crippen LogP contribution in [0.1, 0.15) is 0 Å². The smallest absolute Gasteiger partial charge is 0.143 e. The van der Waals surface area contributed by atoms with Gasteiger partial charge in [-0.15, -0.1) is 0 Å². The molecule has 0 aliphatic rings. The van der Waals surface area contributed by atoms with E-state index >= 15 is 0 Å². The molecule has 7 heteroatoms. The van der Waals surface area contributed by atoms with Gasteiger partial charge in [0.15, 0.2) is 0 Å². The van der Waals surface area contributed by atoms with Crippen LogP contribution in [0.15, 0.2) is 36.5 Å². The molecule has 0 radical (unpaired) electrons. The highest BCUT2D eigenvalue weighted by molar-refractivity contribution is 6.76. The van der Waals surface area contributed by atoms with Crippen LogP contribution in [0.2, 0.25) is 30.8 Å². The lowest BCUT2D eigenvalue weighted by Crippen LogP contribution is -2.22. The molecule has 0 aliphatic heterocycles. The number of hydrogen-bond acceptors (Lipinski definition) is 4. The normalized spacial score (nSPS) is 12.0. The third kappa shape index (κ3) is 4.20. The van der Waals surface area contributed by atoms with Gasteiger partial charge in [-0.25, -0.2) is 9.97 Å². The molecule has 0 fully saturated rings. The monoisotopic (exact) mass is 375 g/mol. The summed E-state index contributed by atoms with van der Waals surface area (Å²) in [5, 5.41) is 11.5. The summed E-state index contributed by atoms with van der Waals surface area (Å²) in [5.41, 5.74) is 1.97. The summed E-state index contributed by atoms with van der Waals surface area (Å²) in [6.07, 6.45) is 1.75. The number of pyridine rings is 2. The van der Waals surface area contributed by atoms with Crippen molar-refractivity contribution in [1.29, 1.82) is 0 Å². The van der Waals surface area contributed by atoms with E-state index in [1.54, 1.807) is 18.3 Å². The Morgan fingerprint density at radius 3 is 2.80 bits per heavy atom. The average Bonchev–Trinajstić information content (AvgIpc) is 2.91. The lowest BCUT2D eigenvalue weighted by Gasteiger charge is -2.16. The standard InChI is InChI=1S/C18H22ClN3O2Si/c1-25(2,3)10-9-24-12-22-14(11-13-5-4-8-20-18(13)22)17-15(23)6-7-16(19)21-17/h4-8,11,23H,9-10,12H2,1-3H3. The Kier molecular flexibility index (Phi) is 5.13. The van der Waals surface area contributed by atoms with Crippen molar-refractivity contribution in [3.8, 4) is 17.1 Å². The molecule has 3 aromatic heterocycles. The third-order valence-corrected chi connectivity index (χ3v) is 5.87. The second-order valence-corrected chi connectivity index (χ2v) is 13.2. The van der Waals surface area contributed by atoms with Crippen LogP contribution in [-0.2, 0) is 11.5 Å². The van der Waals surface area contributed by atoms with Crippen molar-refractivity contribution in [2.24, 2.45) is 0 Å². The molecule has 5 nitrogen and oxygen atoms in total. The first-order valence-electron chi connectivity index (χ1n) is 8.23. The molecule has 3 aromatic rings. The minimum atomic E-state index is -1.15. The molecule has 3 heterocycles. The number of hydrogen-bond donors (Lipinski definition) is 1. The Bertz CT molecular complexity index is 890. The van der Waals surface area contributed by atoms with Crippen LogP contribution in [0.3, 0.4) is 0 Å². The van der Waals surface area contributed by atoms with Crippen LogP contribution in [0.4, 0.5) is 0 Å². The van der Waals surface area contributed by atoms with Gasteiger partial charge in [0.1, 0.15) is 29.0 Å². The van der Waals surface area contributed by atoms with E-state index < -0.39 is 8.07 Å². The maximum absolute atomic E-state index is 10.2. The molecule has 0 spiro atoms. The van der Waals surface area contributed by atoms with Gasteiger partial charge in [0, 0.05) is 26.3 Å². The lowest BCUT2D eigenvalue weighted by atomic mass is 10.2. The summed E-state index contributed by atoms with van der Waals surface area (Å²) in [6, 6.07) is 10.0. The molecule has 0 amide bonds. The molecular formula is C18H22ClN3O2Si. The zero-order valence-electron chi connectivity index (χ0n) is 14.7. The fourth-order valence-electron chi connectivity index (χ4n) is 2.56. The zero-order chi connectivity index (χ0) is 18.0. The van der Waals surface area contributed by atoms with Crippen molar-refractivity contribution in [3.05, 3.63) is 41.7 Å². The first-order chi connectivity index (χ1) is 11.8. The molecule has 132 valence electrons. The highest BCUT2D eigenvalue weighted by atomic mass is 35.5. The quantitative estimate of drug-likeness (QED) is 0.383. The lowest BCUT2D eigenvalue weighted by molar-refractivity contribution is 0.0908. The first kappa shape index (κ1) is 17.9. The minimum absolute atomic E-state index is 0.0792. The molecule has 0 aliphatic carbocycles. The second kappa shape index (κ2) is 7.15. The van der Waals surface area contributed by atoms with Crippen molar-refractivity contribution in [3.63, 3.8) is 0 Å². The van der Waals surface area contributed by atoms with Gasteiger partial charge in [-0.3, -0.25) is 4.57 Å². The summed E-state index contributed by atoms with van der Waals surface area (Å²) in [6.45, 7) is 8.03. The van der Waals surface area contributed by atoms with Crippen LogP contribution in [-0.4, -0.2) is 34.3 Å².